The molecule has 2 unspecified atom stereocenters. The highest BCUT2D eigenvalue weighted by Gasteiger charge is 2.24. The van der Waals surface area contributed by atoms with Crippen LogP contribution in [0.2, 0.25) is 0 Å². The molecule has 1 heterocycles. The molecule has 6 heteroatoms. The lowest BCUT2D eigenvalue weighted by atomic mass is 9.87. The number of aromatic nitrogens is 2. The molecule has 0 amide bonds. The Labute approximate surface area is 220 Å². The molecule has 0 bridgehead atoms. The number of rotatable bonds is 9. The van der Waals surface area contributed by atoms with Gasteiger partial charge in [0, 0.05) is 38.1 Å². The predicted octanol–water partition coefficient (Wildman–Crippen LogP) is 5.93. The maximum absolute atomic E-state index is 6.08. The summed E-state index contributed by atoms with van der Waals surface area (Å²) in [5.41, 5.74) is 2.18. The van der Waals surface area contributed by atoms with E-state index in [1.54, 1.807) is 0 Å². The third-order valence-electron chi connectivity index (χ3n) is 7.58. The Morgan fingerprint density at radius 3 is 2.43 bits per heavy atom. The number of nitrogens with zero attached hydrogens (tertiary/aromatic N) is 3. The van der Waals surface area contributed by atoms with E-state index < -0.39 is 0 Å². The van der Waals surface area contributed by atoms with Crippen molar-refractivity contribution in [2.24, 2.45) is 11.8 Å². The number of benzene rings is 2. The summed E-state index contributed by atoms with van der Waals surface area (Å²) in [6.07, 6.45) is 11.2. The summed E-state index contributed by atoms with van der Waals surface area (Å²) in [5.74, 6) is 3.62. The SMILES string of the molecule is CC1C=CC(OCc2ccccc2)=CC1CNC1CCC(Nc2nc(N(C)C)c3ccccc3n2)CC1. The van der Waals surface area contributed by atoms with Crippen LogP contribution in [0.1, 0.15) is 38.2 Å². The van der Waals surface area contributed by atoms with Gasteiger partial charge >= 0.3 is 0 Å². The molecule has 2 N–H and O–H groups in total. The highest BCUT2D eigenvalue weighted by atomic mass is 16.5. The molecule has 1 saturated carbocycles. The zero-order chi connectivity index (χ0) is 25.6. The minimum atomic E-state index is 0.406. The second-order valence-corrected chi connectivity index (χ2v) is 10.6. The smallest absolute Gasteiger partial charge is 0.225 e. The van der Waals surface area contributed by atoms with E-state index in [4.69, 9.17) is 14.7 Å². The molecule has 1 fully saturated rings. The topological polar surface area (TPSA) is 62.3 Å². The molecule has 1 aromatic heterocycles. The molecule has 2 aromatic carbocycles. The molecule has 194 valence electrons. The number of ether oxygens (including phenoxy) is 1. The van der Waals surface area contributed by atoms with Gasteiger partial charge in [0.15, 0.2) is 0 Å². The fourth-order valence-corrected chi connectivity index (χ4v) is 5.28. The number of nitrogens with one attached hydrogen (secondary N) is 2. The summed E-state index contributed by atoms with van der Waals surface area (Å²) in [4.78, 5) is 11.7. The second-order valence-electron chi connectivity index (χ2n) is 10.6. The highest BCUT2D eigenvalue weighted by Crippen LogP contribution is 2.28. The standard InChI is InChI=1S/C31H39N5O/c1-22-13-18-27(37-21-23-9-5-4-6-10-23)19-24(22)20-32-25-14-16-26(17-15-25)33-31-34-29-12-8-7-11-28(29)30(35-31)36(2)3/h4-13,18-19,22,24-26,32H,14-17,20-21H2,1-3H3,(H,33,34,35). The third-order valence-corrected chi connectivity index (χ3v) is 7.58. The van der Waals surface area contributed by atoms with Crippen molar-refractivity contribution in [1.82, 2.24) is 15.3 Å². The molecule has 2 atom stereocenters. The Kier molecular flexibility index (Phi) is 8.05. The number of para-hydroxylation sites is 1. The maximum Gasteiger partial charge on any atom is 0.225 e. The van der Waals surface area contributed by atoms with Crippen molar-refractivity contribution in [2.45, 2.75) is 51.3 Å². The van der Waals surface area contributed by atoms with E-state index in [1.807, 2.05) is 32.3 Å². The first-order valence-electron chi connectivity index (χ1n) is 13.6. The molecule has 0 radical (unpaired) electrons. The van der Waals surface area contributed by atoms with Gasteiger partial charge in [-0.15, -0.1) is 0 Å². The largest absolute Gasteiger partial charge is 0.489 e. The zero-order valence-corrected chi connectivity index (χ0v) is 22.2. The molecule has 6 nitrogen and oxygen atoms in total. The molecule has 2 aliphatic carbocycles. The molecule has 3 aromatic rings. The molecule has 37 heavy (non-hydrogen) atoms. The van der Waals surface area contributed by atoms with E-state index in [2.05, 4.69) is 77.1 Å². The second kappa shape index (κ2) is 11.8. The van der Waals surface area contributed by atoms with Crippen LogP contribution >= 0.6 is 0 Å². The van der Waals surface area contributed by atoms with Crippen molar-refractivity contribution in [3.05, 3.63) is 84.1 Å². The Balaban J connectivity index is 1.11. The first-order chi connectivity index (χ1) is 18.0. The first-order valence-corrected chi connectivity index (χ1v) is 13.6. The summed E-state index contributed by atoms with van der Waals surface area (Å²) in [6.45, 7) is 3.88. The lowest BCUT2D eigenvalue weighted by Crippen LogP contribution is -2.40. The van der Waals surface area contributed by atoms with Gasteiger partial charge in [-0.3, -0.25) is 0 Å². The zero-order valence-electron chi connectivity index (χ0n) is 22.2. The van der Waals surface area contributed by atoms with Crippen molar-refractivity contribution in [2.75, 3.05) is 30.9 Å². The fourth-order valence-electron chi connectivity index (χ4n) is 5.28. The van der Waals surface area contributed by atoms with E-state index in [-0.39, 0.29) is 0 Å². The van der Waals surface area contributed by atoms with E-state index >= 15 is 0 Å². The molecule has 2 aliphatic rings. The normalized spacial score (nSPS) is 23.5. The molecule has 0 saturated heterocycles. The van der Waals surface area contributed by atoms with Crippen LogP contribution in [0.3, 0.4) is 0 Å². The fraction of sp³-hybridized carbons (Fsp3) is 0.419. The van der Waals surface area contributed by atoms with Crippen LogP contribution in [0.25, 0.3) is 10.9 Å². The Morgan fingerprint density at radius 2 is 1.65 bits per heavy atom. The minimum Gasteiger partial charge on any atom is -0.489 e. The monoisotopic (exact) mass is 497 g/mol. The van der Waals surface area contributed by atoms with E-state index in [0.717, 1.165) is 60.7 Å². The number of hydrogen-bond acceptors (Lipinski definition) is 6. The van der Waals surface area contributed by atoms with E-state index in [0.29, 0.717) is 30.5 Å². The predicted molar refractivity (Wildman–Crippen MR) is 153 cm³/mol. The number of allylic oxidation sites excluding steroid dienone is 2. The molecule has 5 rings (SSSR count). The van der Waals surface area contributed by atoms with Crippen LogP contribution in [-0.2, 0) is 11.3 Å². The van der Waals surface area contributed by atoms with Gasteiger partial charge in [0.25, 0.3) is 0 Å². The number of hydrogen-bond donors (Lipinski definition) is 2. The Bertz CT molecular complexity index is 1230. The van der Waals surface area contributed by atoms with Gasteiger partial charge in [0.05, 0.1) is 5.52 Å². The Hall–Kier alpha value is -3.38. The summed E-state index contributed by atoms with van der Waals surface area (Å²) in [6, 6.07) is 19.5. The Morgan fingerprint density at radius 1 is 0.919 bits per heavy atom. The minimum absolute atomic E-state index is 0.406. The van der Waals surface area contributed by atoms with Crippen molar-refractivity contribution in [1.29, 1.82) is 0 Å². The van der Waals surface area contributed by atoms with Gasteiger partial charge in [-0.2, -0.15) is 4.98 Å². The summed E-state index contributed by atoms with van der Waals surface area (Å²) >= 11 is 0. The van der Waals surface area contributed by atoms with Gasteiger partial charge in [-0.25, -0.2) is 4.98 Å². The molecule has 0 spiro atoms. The number of anilines is 2. The average Bonchev–Trinajstić information content (AvgIpc) is 2.92. The van der Waals surface area contributed by atoms with Crippen molar-refractivity contribution in [3.8, 4) is 0 Å². The summed E-state index contributed by atoms with van der Waals surface area (Å²) in [5, 5.41) is 8.56. The lowest BCUT2D eigenvalue weighted by molar-refractivity contribution is 0.203. The van der Waals surface area contributed by atoms with Crippen LogP contribution in [-0.4, -0.2) is 42.7 Å². The van der Waals surface area contributed by atoms with E-state index in [1.165, 1.54) is 5.56 Å². The van der Waals surface area contributed by atoms with Gasteiger partial charge in [-0.05, 0) is 67.4 Å². The van der Waals surface area contributed by atoms with Gasteiger partial charge < -0.3 is 20.3 Å². The van der Waals surface area contributed by atoms with Crippen molar-refractivity contribution in [3.63, 3.8) is 0 Å². The van der Waals surface area contributed by atoms with Crippen LogP contribution in [0, 0.1) is 11.8 Å². The maximum atomic E-state index is 6.08. The first kappa shape index (κ1) is 25.3. The average molecular weight is 498 g/mol. The van der Waals surface area contributed by atoms with Crippen LogP contribution < -0.4 is 15.5 Å². The lowest BCUT2D eigenvalue weighted by Gasteiger charge is -2.32. The molecular weight excluding hydrogens is 458 g/mol. The third kappa shape index (κ3) is 6.50. The van der Waals surface area contributed by atoms with Crippen molar-refractivity contribution >= 4 is 22.7 Å². The van der Waals surface area contributed by atoms with Gasteiger partial charge in [-0.1, -0.05) is 55.5 Å². The molecular formula is C31H39N5O. The van der Waals surface area contributed by atoms with Gasteiger partial charge in [0.2, 0.25) is 5.95 Å². The molecule has 0 aliphatic heterocycles. The summed E-state index contributed by atoms with van der Waals surface area (Å²) in [7, 11) is 4.07. The van der Waals surface area contributed by atoms with Crippen molar-refractivity contribution < 1.29 is 4.74 Å². The summed E-state index contributed by atoms with van der Waals surface area (Å²) < 4.78 is 6.08. The quantitative estimate of drug-likeness (QED) is 0.382. The van der Waals surface area contributed by atoms with E-state index in [9.17, 15) is 0 Å². The van der Waals surface area contributed by atoms with Crippen LogP contribution in [0.15, 0.2) is 78.6 Å². The van der Waals surface area contributed by atoms with Gasteiger partial charge in [0.1, 0.15) is 18.2 Å². The van der Waals surface area contributed by atoms with Crippen LogP contribution in [0.4, 0.5) is 11.8 Å². The van der Waals surface area contributed by atoms with Crippen LogP contribution in [0.5, 0.6) is 0 Å². The number of fused-ring (bicyclic) bond motifs is 1. The highest BCUT2D eigenvalue weighted by molar-refractivity contribution is 5.90.